The standard InChI is InChI=1S/C13H20BrN5S/c1-4-15-12(11-8-20-9-16-11)13-10(14)7-17-19(13)6-5-18(2)3/h7-9,12,15H,4-6H2,1-3H3. The lowest BCUT2D eigenvalue weighted by atomic mass is 10.1. The summed E-state index contributed by atoms with van der Waals surface area (Å²) < 4.78 is 3.08. The van der Waals surface area contributed by atoms with E-state index in [4.69, 9.17) is 0 Å². The molecule has 0 aliphatic rings. The predicted octanol–water partition coefficient (Wildman–Crippen LogP) is 2.36. The molecule has 0 saturated carbocycles. The summed E-state index contributed by atoms with van der Waals surface area (Å²) in [5.74, 6) is 0. The maximum absolute atomic E-state index is 4.48. The highest BCUT2D eigenvalue weighted by Gasteiger charge is 2.22. The minimum atomic E-state index is 0.0743. The van der Waals surface area contributed by atoms with Gasteiger partial charge in [0.1, 0.15) is 0 Å². The van der Waals surface area contributed by atoms with Crippen molar-refractivity contribution in [1.82, 2.24) is 25.0 Å². The van der Waals surface area contributed by atoms with Crippen molar-refractivity contribution in [2.45, 2.75) is 19.5 Å². The molecule has 0 fully saturated rings. The van der Waals surface area contributed by atoms with Gasteiger partial charge in [-0.3, -0.25) is 4.68 Å². The van der Waals surface area contributed by atoms with Crippen LogP contribution in [0.3, 0.4) is 0 Å². The topological polar surface area (TPSA) is 46.0 Å². The van der Waals surface area contributed by atoms with Crippen LogP contribution in [-0.4, -0.2) is 46.8 Å². The normalized spacial score (nSPS) is 13.1. The zero-order chi connectivity index (χ0) is 14.5. The lowest BCUT2D eigenvalue weighted by Gasteiger charge is -2.19. The Morgan fingerprint density at radius 1 is 1.50 bits per heavy atom. The van der Waals surface area contributed by atoms with Crippen LogP contribution in [-0.2, 0) is 6.54 Å². The maximum atomic E-state index is 4.48. The number of hydrogen-bond donors (Lipinski definition) is 1. The van der Waals surface area contributed by atoms with Gasteiger partial charge < -0.3 is 10.2 Å². The molecule has 0 aliphatic heterocycles. The molecular weight excluding hydrogens is 338 g/mol. The Morgan fingerprint density at radius 2 is 2.30 bits per heavy atom. The molecule has 0 bridgehead atoms. The molecule has 0 spiro atoms. The van der Waals surface area contributed by atoms with E-state index in [9.17, 15) is 0 Å². The van der Waals surface area contributed by atoms with E-state index in [-0.39, 0.29) is 6.04 Å². The fraction of sp³-hybridized carbons (Fsp3) is 0.538. The SMILES string of the molecule is CCNC(c1cscn1)c1c(Br)cnn1CCN(C)C. The molecule has 2 heterocycles. The summed E-state index contributed by atoms with van der Waals surface area (Å²) in [6.45, 7) is 4.80. The Balaban J connectivity index is 2.30. The molecule has 1 unspecified atom stereocenters. The highest BCUT2D eigenvalue weighted by molar-refractivity contribution is 9.10. The first-order chi connectivity index (χ1) is 9.63. The van der Waals surface area contributed by atoms with Gasteiger partial charge in [0.2, 0.25) is 0 Å². The highest BCUT2D eigenvalue weighted by Crippen LogP contribution is 2.28. The van der Waals surface area contributed by atoms with Gasteiger partial charge >= 0.3 is 0 Å². The quantitative estimate of drug-likeness (QED) is 0.826. The second kappa shape index (κ2) is 7.31. The first-order valence-corrected chi connectivity index (χ1v) is 8.34. The van der Waals surface area contributed by atoms with Crippen molar-refractivity contribution in [2.24, 2.45) is 0 Å². The molecule has 0 radical (unpaired) electrons. The summed E-state index contributed by atoms with van der Waals surface area (Å²) in [6, 6.07) is 0.0743. The Labute approximate surface area is 132 Å². The van der Waals surface area contributed by atoms with E-state index in [1.165, 1.54) is 0 Å². The Bertz CT molecular complexity index is 523. The third-order valence-electron chi connectivity index (χ3n) is 3.02. The number of hydrogen-bond acceptors (Lipinski definition) is 5. The summed E-state index contributed by atoms with van der Waals surface area (Å²) in [4.78, 5) is 6.61. The Hall–Kier alpha value is -0.760. The van der Waals surface area contributed by atoms with Crippen LogP contribution >= 0.6 is 27.3 Å². The zero-order valence-corrected chi connectivity index (χ0v) is 14.4. The fourth-order valence-electron chi connectivity index (χ4n) is 2.04. The van der Waals surface area contributed by atoms with E-state index in [2.05, 4.69) is 67.3 Å². The van der Waals surface area contributed by atoms with Crippen molar-refractivity contribution in [3.8, 4) is 0 Å². The molecule has 2 aromatic heterocycles. The molecule has 2 rings (SSSR count). The second-order valence-electron chi connectivity index (χ2n) is 4.81. The van der Waals surface area contributed by atoms with Crippen LogP contribution in [0.15, 0.2) is 21.6 Å². The van der Waals surface area contributed by atoms with E-state index in [1.54, 1.807) is 11.3 Å². The van der Waals surface area contributed by atoms with Crippen molar-refractivity contribution in [2.75, 3.05) is 27.2 Å². The molecule has 110 valence electrons. The van der Waals surface area contributed by atoms with Crippen molar-refractivity contribution in [3.05, 3.63) is 32.9 Å². The second-order valence-corrected chi connectivity index (χ2v) is 6.38. The van der Waals surface area contributed by atoms with Gasteiger partial charge in [0.15, 0.2) is 0 Å². The lowest BCUT2D eigenvalue weighted by Crippen LogP contribution is -2.27. The highest BCUT2D eigenvalue weighted by atomic mass is 79.9. The van der Waals surface area contributed by atoms with Crippen LogP contribution in [0.5, 0.6) is 0 Å². The molecule has 0 aliphatic carbocycles. The number of thiazole rings is 1. The molecule has 20 heavy (non-hydrogen) atoms. The van der Waals surface area contributed by atoms with E-state index >= 15 is 0 Å². The van der Waals surface area contributed by atoms with Gasteiger partial charge in [-0.1, -0.05) is 6.92 Å². The molecule has 1 N–H and O–H groups in total. The summed E-state index contributed by atoms with van der Waals surface area (Å²) in [5.41, 5.74) is 4.05. The van der Waals surface area contributed by atoms with Crippen LogP contribution in [0.2, 0.25) is 0 Å². The minimum absolute atomic E-state index is 0.0743. The summed E-state index contributed by atoms with van der Waals surface area (Å²) in [6.07, 6.45) is 1.86. The van der Waals surface area contributed by atoms with Crippen LogP contribution < -0.4 is 5.32 Å². The zero-order valence-electron chi connectivity index (χ0n) is 12.0. The van der Waals surface area contributed by atoms with Gasteiger partial charge in [-0.15, -0.1) is 11.3 Å². The van der Waals surface area contributed by atoms with Gasteiger partial charge in [0.05, 0.1) is 40.2 Å². The summed E-state index contributed by atoms with van der Waals surface area (Å²) >= 11 is 5.24. The Morgan fingerprint density at radius 3 is 2.90 bits per heavy atom. The monoisotopic (exact) mass is 357 g/mol. The number of nitrogens with one attached hydrogen (secondary N) is 1. The van der Waals surface area contributed by atoms with E-state index < -0.39 is 0 Å². The average molecular weight is 358 g/mol. The molecule has 0 amide bonds. The molecular formula is C13H20BrN5S. The van der Waals surface area contributed by atoms with Gasteiger partial charge in [-0.25, -0.2) is 4.98 Å². The summed E-state index contributed by atoms with van der Waals surface area (Å²) in [5, 5.41) is 10.1. The molecule has 2 aromatic rings. The molecule has 0 saturated heterocycles. The van der Waals surface area contributed by atoms with Crippen molar-refractivity contribution >= 4 is 27.3 Å². The van der Waals surface area contributed by atoms with Crippen molar-refractivity contribution < 1.29 is 0 Å². The largest absolute Gasteiger partial charge is 0.308 e. The third-order valence-corrected chi connectivity index (χ3v) is 4.24. The molecule has 0 aromatic carbocycles. The molecule has 1 atom stereocenters. The van der Waals surface area contributed by atoms with E-state index in [0.29, 0.717) is 0 Å². The van der Waals surface area contributed by atoms with Gasteiger partial charge in [-0.05, 0) is 36.6 Å². The van der Waals surface area contributed by atoms with Gasteiger partial charge in [-0.2, -0.15) is 5.10 Å². The number of rotatable bonds is 7. The first-order valence-electron chi connectivity index (χ1n) is 6.60. The molecule has 7 heteroatoms. The van der Waals surface area contributed by atoms with Crippen molar-refractivity contribution in [3.63, 3.8) is 0 Å². The number of nitrogens with zero attached hydrogens (tertiary/aromatic N) is 4. The lowest BCUT2D eigenvalue weighted by molar-refractivity contribution is 0.365. The fourth-order valence-corrected chi connectivity index (χ4v) is 3.15. The smallest absolute Gasteiger partial charge is 0.0941 e. The number of halogens is 1. The van der Waals surface area contributed by atoms with Crippen LogP contribution in [0.1, 0.15) is 24.4 Å². The predicted molar refractivity (Wildman–Crippen MR) is 86.1 cm³/mol. The maximum Gasteiger partial charge on any atom is 0.0941 e. The average Bonchev–Trinajstić information content (AvgIpc) is 3.04. The van der Waals surface area contributed by atoms with Crippen LogP contribution in [0, 0.1) is 0 Å². The Kier molecular flexibility index (Phi) is 5.71. The van der Waals surface area contributed by atoms with E-state index in [0.717, 1.165) is 35.5 Å². The third kappa shape index (κ3) is 3.66. The van der Waals surface area contributed by atoms with Gasteiger partial charge in [0.25, 0.3) is 0 Å². The number of aromatic nitrogens is 3. The number of likely N-dealkylation sites (N-methyl/N-ethyl adjacent to an activating group) is 1. The van der Waals surface area contributed by atoms with Crippen LogP contribution in [0.4, 0.5) is 0 Å². The first kappa shape index (κ1) is 15.6. The summed E-state index contributed by atoms with van der Waals surface area (Å²) in [7, 11) is 4.14. The van der Waals surface area contributed by atoms with Crippen LogP contribution in [0.25, 0.3) is 0 Å². The van der Waals surface area contributed by atoms with E-state index in [1.807, 2.05) is 11.7 Å². The van der Waals surface area contributed by atoms with Gasteiger partial charge in [0, 0.05) is 11.9 Å². The molecule has 5 nitrogen and oxygen atoms in total. The van der Waals surface area contributed by atoms with Crippen molar-refractivity contribution in [1.29, 1.82) is 0 Å². The minimum Gasteiger partial charge on any atom is -0.308 e.